The lowest BCUT2D eigenvalue weighted by atomic mass is 10.1. The Bertz CT molecular complexity index is 1100. The van der Waals surface area contributed by atoms with E-state index in [0.29, 0.717) is 27.7 Å². The van der Waals surface area contributed by atoms with Crippen LogP contribution in [0.15, 0.2) is 57.7 Å². The first-order valence-corrected chi connectivity index (χ1v) is 7.22. The molecule has 0 unspecified atom stereocenters. The van der Waals surface area contributed by atoms with Gasteiger partial charge in [0.15, 0.2) is 0 Å². The van der Waals surface area contributed by atoms with Crippen molar-refractivity contribution in [1.82, 2.24) is 0 Å². The van der Waals surface area contributed by atoms with E-state index in [9.17, 15) is 4.79 Å². The molecule has 4 rings (SSSR count). The predicted octanol–water partition coefficient (Wildman–Crippen LogP) is 4.12. The Morgan fingerprint density at radius 3 is 2.52 bits per heavy atom. The van der Waals surface area contributed by atoms with Gasteiger partial charge in [-0.2, -0.15) is 0 Å². The monoisotopic (exact) mass is 306 g/mol. The molecule has 0 saturated heterocycles. The van der Waals surface area contributed by atoms with Gasteiger partial charge in [0.1, 0.15) is 28.1 Å². The summed E-state index contributed by atoms with van der Waals surface area (Å²) >= 11 is 0. The number of ether oxygens (including phenoxy) is 2. The summed E-state index contributed by atoms with van der Waals surface area (Å²) in [5, 5.41) is 2.93. The molecular formula is C19H14O4. The van der Waals surface area contributed by atoms with Crippen LogP contribution in [0.2, 0.25) is 0 Å². The molecule has 0 N–H and O–H groups in total. The van der Waals surface area contributed by atoms with Gasteiger partial charge in [0.05, 0.1) is 19.6 Å². The molecule has 0 aliphatic heterocycles. The van der Waals surface area contributed by atoms with E-state index in [1.54, 1.807) is 32.4 Å². The van der Waals surface area contributed by atoms with Crippen LogP contribution in [0, 0.1) is 0 Å². The third-order valence-corrected chi connectivity index (χ3v) is 4.05. The highest BCUT2D eigenvalue weighted by Crippen LogP contribution is 2.29. The standard InChI is InChI=1S/C19H14O4/c1-21-13-7-6-11-9-14-17(10-12(11)8-13)23-16-5-3-4-15(22-2)18(16)19(14)20/h3-10H,1-2H3. The third kappa shape index (κ3) is 2.03. The Morgan fingerprint density at radius 1 is 0.870 bits per heavy atom. The van der Waals surface area contributed by atoms with E-state index in [4.69, 9.17) is 13.9 Å². The van der Waals surface area contributed by atoms with E-state index in [0.717, 1.165) is 16.5 Å². The Balaban J connectivity index is 2.16. The normalized spacial score (nSPS) is 11.2. The molecule has 114 valence electrons. The maximum atomic E-state index is 12.9. The second kappa shape index (κ2) is 5.02. The topological polar surface area (TPSA) is 48.7 Å². The van der Waals surface area contributed by atoms with Crippen molar-refractivity contribution in [2.75, 3.05) is 14.2 Å². The molecule has 0 fully saturated rings. The van der Waals surface area contributed by atoms with Crippen molar-refractivity contribution in [3.8, 4) is 11.5 Å². The van der Waals surface area contributed by atoms with E-state index < -0.39 is 0 Å². The summed E-state index contributed by atoms with van der Waals surface area (Å²) in [6.07, 6.45) is 0. The lowest BCUT2D eigenvalue weighted by Crippen LogP contribution is -2.04. The minimum Gasteiger partial charge on any atom is -0.497 e. The summed E-state index contributed by atoms with van der Waals surface area (Å²) in [4.78, 5) is 12.9. The van der Waals surface area contributed by atoms with E-state index in [1.807, 2.05) is 30.3 Å². The average molecular weight is 306 g/mol. The summed E-state index contributed by atoms with van der Waals surface area (Å²) in [6.45, 7) is 0. The molecule has 0 aliphatic carbocycles. The molecule has 3 aromatic carbocycles. The summed E-state index contributed by atoms with van der Waals surface area (Å²) in [5.74, 6) is 1.29. The zero-order valence-electron chi connectivity index (χ0n) is 12.8. The molecule has 4 nitrogen and oxygen atoms in total. The molecule has 23 heavy (non-hydrogen) atoms. The lowest BCUT2D eigenvalue weighted by Gasteiger charge is -2.07. The molecule has 4 heteroatoms. The Kier molecular flexibility index (Phi) is 2.98. The van der Waals surface area contributed by atoms with Gasteiger partial charge in [0.2, 0.25) is 5.43 Å². The van der Waals surface area contributed by atoms with Crippen molar-refractivity contribution in [3.05, 3.63) is 58.8 Å². The van der Waals surface area contributed by atoms with Crippen LogP contribution in [-0.2, 0) is 0 Å². The first-order valence-electron chi connectivity index (χ1n) is 7.22. The van der Waals surface area contributed by atoms with Gasteiger partial charge >= 0.3 is 0 Å². The zero-order chi connectivity index (χ0) is 16.0. The van der Waals surface area contributed by atoms with Gasteiger partial charge in [-0.1, -0.05) is 12.1 Å². The first kappa shape index (κ1) is 13.6. The fourth-order valence-corrected chi connectivity index (χ4v) is 2.89. The number of hydrogen-bond donors (Lipinski definition) is 0. The first-order chi connectivity index (χ1) is 11.2. The van der Waals surface area contributed by atoms with Gasteiger partial charge in [-0.25, -0.2) is 0 Å². The molecule has 0 saturated carbocycles. The number of rotatable bonds is 2. The molecular weight excluding hydrogens is 292 g/mol. The molecule has 4 aromatic rings. The molecule has 0 radical (unpaired) electrons. The quantitative estimate of drug-likeness (QED) is 0.523. The fraction of sp³-hybridized carbons (Fsp3) is 0.105. The number of fused-ring (bicyclic) bond motifs is 3. The van der Waals surface area contributed by atoms with Crippen LogP contribution in [0.4, 0.5) is 0 Å². The second-order valence-corrected chi connectivity index (χ2v) is 5.33. The van der Waals surface area contributed by atoms with E-state index in [-0.39, 0.29) is 5.43 Å². The van der Waals surface area contributed by atoms with Crippen molar-refractivity contribution >= 4 is 32.7 Å². The van der Waals surface area contributed by atoms with Crippen LogP contribution < -0.4 is 14.9 Å². The van der Waals surface area contributed by atoms with Crippen LogP contribution in [0.5, 0.6) is 11.5 Å². The average Bonchev–Trinajstić information content (AvgIpc) is 2.59. The molecule has 1 heterocycles. The summed E-state index contributed by atoms with van der Waals surface area (Å²) < 4.78 is 16.5. The molecule has 0 atom stereocenters. The Morgan fingerprint density at radius 2 is 1.74 bits per heavy atom. The summed E-state index contributed by atoms with van der Waals surface area (Å²) in [7, 11) is 3.17. The van der Waals surface area contributed by atoms with Gasteiger partial charge in [0, 0.05) is 0 Å². The highest BCUT2D eigenvalue weighted by atomic mass is 16.5. The summed E-state index contributed by atoms with van der Waals surface area (Å²) in [6, 6.07) is 14.8. The second-order valence-electron chi connectivity index (χ2n) is 5.33. The van der Waals surface area contributed by atoms with E-state index in [1.165, 1.54) is 0 Å². The van der Waals surface area contributed by atoms with Gasteiger partial charge in [-0.05, 0) is 47.2 Å². The highest BCUT2D eigenvalue weighted by Gasteiger charge is 2.13. The maximum Gasteiger partial charge on any atom is 0.204 e. The van der Waals surface area contributed by atoms with Crippen molar-refractivity contribution in [1.29, 1.82) is 0 Å². The van der Waals surface area contributed by atoms with Crippen LogP contribution in [0.3, 0.4) is 0 Å². The van der Waals surface area contributed by atoms with Crippen molar-refractivity contribution in [2.45, 2.75) is 0 Å². The number of methoxy groups -OCH3 is 2. The minimum atomic E-state index is -0.0866. The summed E-state index contributed by atoms with van der Waals surface area (Å²) in [5.41, 5.74) is 0.983. The SMILES string of the molecule is COc1ccc2cc3c(=O)c4c(OC)cccc4oc3cc2c1. The van der Waals surface area contributed by atoms with E-state index >= 15 is 0 Å². The number of hydrogen-bond acceptors (Lipinski definition) is 4. The van der Waals surface area contributed by atoms with Gasteiger partial charge < -0.3 is 13.9 Å². The van der Waals surface area contributed by atoms with Gasteiger partial charge in [0.25, 0.3) is 0 Å². The number of benzene rings is 3. The third-order valence-electron chi connectivity index (χ3n) is 4.05. The largest absolute Gasteiger partial charge is 0.497 e. The molecule has 0 amide bonds. The van der Waals surface area contributed by atoms with Gasteiger partial charge in [-0.3, -0.25) is 4.79 Å². The zero-order valence-corrected chi connectivity index (χ0v) is 12.8. The predicted molar refractivity (Wildman–Crippen MR) is 90.6 cm³/mol. The Labute approximate surface area is 131 Å². The molecule has 0 spiro atoms. The van der Waals surface area contributed by atoms with E-state index in [2.05, 4.69) is 0 Å². The van der Waals surface area contributed by atoms with Crippen molar-refractivity contribution in [3.63, 3.8) is 0 Å². The fourth-order valence-electron chi connectivity index (χ4n) is 2.89. The van der Waals surface area contributed by atoms with Crippen LogP contribution >= 0.6 is 0 Å². The lowest BCUT2D eigenvalue weighted by molar-refractivity contribution is 0.415. The molecule has 1 aromatic heterocycles. The Hall–Kier alpha value is -3.01. The minimum absolute atomic E-state index is 0.0866. The smallest absolute Gasteiger partial charge is 0.204 e. The van der Waals surface area contributed by atoms with Crippen molar-refractivity contribution < 1.29 is 13.9 Å². The molecule has 0 bridgehead atoms. The van der Waals surface area contributed by atoms with Crippen LogP contribution in [-0.4, -0.2) is 14.2 Å². The molecule has 0 aliphatic rings. The van der Waals surface area contributed by atoms with Crippen molar-refractivity contribution in [2.24, 2.45) is 0 Å². The van der Waals surface area contributed by atoms with Crippen LogP contribution in [0.25, 0.3) is 32.7 Å². The van der Waals surface area contributed by atoms with Gasteiger partial charge in [-0.15, -0.1) is 0 Å². The van der Waals surface area contributed by atoms with Crippen LogP contribution in [0.1, 0.15) is 0 Å². The highest BCUT2D eigenvalue weighted by molar-refractivity contribution is 6.00. The maximum absolute atomic E-state index is 12.9.